The molecule has 0 fully saturated rings. The highest BCUT2D eigenvalue weighted by Crippen LogP contribution is 2.14. The van der Waals surface area contributed by atoms with Crippen LogP contribution in [-0.2, 0) is 25.5 Å². The zero-order valence-electron chi connectivity index (χ0n) is 17.9. The van der Waals surface area contributed by atoms with Gasteiger partial charge >= 0.3 is 12.1 Å². The second-order valence-electron chi connectivity index (χ2n) is 7.96. The summed E-state index contributed by atoms with van der Waals surface area (Å²) in [5.41, 5.74) is 0.0345. The molecule has 0 bridgehead atoms. The van der Waals surface area contributed by atoms with Crippen molar-refractivity contribution in [2.75, 3.05) is 7.11 Å². The van der Waals surface area contributed by atoms with Crippen LogP contribution in [0.15, 0.2) is 24.3 Å². The molecule has 0 saturated heterocycles. The van der Waals surface area contributed by atoms with Gasteiger partial charge in [0.1, 0.15) is 23.4 Å². The monoisotopic (exact) mass is 408 g/mol. The fourth-order valence-electron chi connectivity index (χ4n) is 2.60. The maximum Gasteiger partial charge on any atom is 0.408 e. The Hall–Kier alpha value is -2.77. The first-order valence-electron chi connectivity index (χ1n) is 9.62. The Morgan fingerprint density at radius 3 is 2.17 bits per heavy atom. The van der Waals surface area contributed by atoms with Gasteiger partial charge in [0.25, 0.3) is 0 Å². The van der Waals surface area contributed by atoms with E-state index in [4.69, 9.17) is 9.47 Å². The first-order valence-corrected chi connectivity index (χ1v) is 9.62. The molecule has 8 heteroatoms. The Bertz CT molecular complexity index is 696. The molecule has 3 N–H and O–H groups in total. The Morgan fingerprint density at radius 2 is 1.69 bits per heavy atom. The molecule has 0 heterocycles. The topological polar surface area (TPSA) is 114 Å². The van der Waals surface area contributed by atoms with Gasteiger partial charge in [-0.1, -0.05) is 32.4 Å². The van der Waals surface area contributed by atoms with Gasteiger partial charge in [0, 0.05) is 6.42 Å². The average molecular weight is 408 g/mol. The maximum atomic E-state index is 12.9. The van der Waals surface area contributed by atoms with Crippen LogP contribution in [-0.4, -0.2) is 47.9 Å². The molecular formula is C21H32N2O6. The van der Waals surface area contributed by atoms with Crippen molar-refractivity contribution in [3.05, 3.63) is 29.8 Å². The number of carbonyl (C=O) groups is 3. The number of alkyl carbamates (subject to hydrolysis) is 1. The SMILES string of the molecule is CC[C@H](C)[C@H](NC(=O)OC(C)(C)C)C(=O)N[C@@H](Cc1ccc(O)cc1)C(=O)OC. The van der Waals surface area contributed by atoms with E-state index in [0.717, 1.165) is 5.56 Å². The Labute approximate surface area is 172 Å². The third-order valence-electron chi connectivity index (χ3n) is 4.35. The Morgan fingerprint density at radius 1 is 1.10 bits per heavy atom. The van der Waals surface area contributed by atoms with Gasteiger partial charge in [-0.15, -0.1) is 0 Å². The lowest BCUT2D eigenvalue weighted by atomic mass is 9.97. The summed E-state index contributed by atoms with van der Waals surface area (Å²) in [5.74, 6) is -1.19. The number of rotatable bonds is 8. The van der Waals surface area contributed by atoms with E-state index in [1.54, 1.807) is 32.9 Å². The van der Waals surface area contributed by atoms with Gasteiger partial charge in [-0.2, -0.15) is 0 Å². The molecule has 0 radical (unpaired) electrons. The van der Waals surface area contributed by atoms with Crippen molar-refractivity contribution in [1.82, 2.24) is 10.6 Å². The van der Waals surface area contributed by atoms with E-state index in [0.29, 0.717) is 6.42 Å². The summed E-state index contributed by atoms with van der Waals surface area (Å²) in [6.45, 7) is 8.92. The maximum absolute atomic E-state index is 12.9. The summed E-state index contributed by atoms with van der Waals surface area (Å²) in [6.07, 6.45) is 0.110. The molecule has 1 aromatic rings. The van der Waals surface area contributed by atoms with E-state index in [1.165, 1.54) is 19.2 Å². The van der Waals surface area contributed by atoms with Crippen LogP contribution in [0.25, 0.3) is 0 Å². The number of esters is 1. The molecule has 8 nitrogen and oxygen atoms in total. The van der Waals surface area contributed by atoms with E-state index in [1.807, 2.05) is 13.8 Å². The van der Waals surface area contributed by atoms with E-state index in [2.05, 4.69) is 10.6 Å². The zero-order valence-corrected chi connectivity index (χ0v) is 17.9. The highest BCUT2D eigenvalue weighted by atomic mass is 16.6. The number of phenols is 1. The standard InChI is InChI=1S/C21H32N2O6/c1-7-13(2)17(23-20(27)29-21(3,4)5)18(25)22-16(19(26)28-6)12-14-8-10-15(24)11-9-14/h8-11,13,16-17,24H,7,12H2,1-6H3,(H,22,25)(H,23,27)/t13-,16-,17-/m0/s1. The first kappa shape index (κ1) is 24.3. The number of aromatic hydroxyl groups is 1. The molecule has 0 aliphatic carbocycles. The second-order valence-corrected chi connectivity index (χ2v) is 7.96. The third-order valence-corrected chi connectivity index (χ3v) is 4.35. The minimum Gasteiger partial charge on any atom is -0.508 e. The number of carbonyl (C=O) groups excluding carboxylic acids is 3. The van der Waals surface area contributed by atoms with Crippen molar-refractivity contribution >= 4 is 18.0 Å². The van der Waals surface area contributed by atoms with Gasteiger partial charge in [0.2, 0.25) is 5.91 Å². The van der Waals surface area contributed by atoms with Crippen LogP contribution in [0.2, 0.25) is 0 Å². The van der Waals surface area contributed by atoms with Crippen LogP contribution in [0.3, 0.4) is 0 Å². The van der Waals surface area contributed by atoms with Crippen LogP contribution in [0, 0.1) is 5.92 Å². The molecule has 0 aliphatic rings. The van der Waals surface area contributed by atoms with Crippen molar-refractivity contribution in [3.63, 3.8) is 0 Å². The molecule has 0 saturated carbocycles. The van der Waals surface area contributed by atoms with Crippen LogP contribution in [0.1, 0.15) is 46.6 Å². The summed E-state index contributed by atoms with van der Waals surface area (Å²) < 4.78 is 10.1. The molecule has 162 valence electrons. The Kier molecular flexibility index (Phi) is 8.94. The van der Waals surface area contributed by atoms with E-state index in [9.17, 15) is 19.5 Å². The number of benzene rings is 1. The smallest absolute Gasteiger partial charge is 0.408 e. The zero-order chi connectivity index (χ0) is 22.2. The third kappa shape index (κ3) is 8.41. The average Bonchev–Trinajstić information content (AvgIpc) is 2.64. The predicted molar refractivity (Wildman–Crippen MR) is 108 cm³/mol. The van der Waals surface area contributed by atoms with Crippen LogP contribution in [0.5, 0.6) is 5.75 Å². The van der Waals surface area contributed by atoms with Crippen LogP contribution in [0.4, 0.5) is 4.79 Å². The van der Waals surface area contributed by atoms with Gasteiger partial charge in [-0.3, -0.25) is 4.79 Å². The van der Waals surface area contributed by atoms with Gasteiger partial charge < -0.3 is 25.2 Å². The second kappa shape index (κ2) is 10.7. The minimum absolute atomic E-state index is 0.103. The summed E-state index contributed by atoms with van der Waals surface area (Å²) in [5, 5.41) is 14.7. The number of hydrogen-bond acceptors (Lipinski definition) is 6. The van der Waals surface area contributed by atoms with Gasteiger partial charge in [-0.05, 0) is 44.4 Å². The minimum atomic E-state index is -0.941. The fraction of sp³-hybridized carbons (Fsp3) is 0.571. The number of amides is 2. The molecule has 0 aliphatic heterocycles. The molecule has 1 aromatic carbocycles. The molecule has 0 unspecified atom stereocenters. The van der Waals surface area contributed by atoms with Crippen molar-refractivity contribution in [2.24, 2.45) is 5.92 Å². The molecule has 3 atom stereocenters. The van der Waals surface area contributed by atoms with Crippen molar-refractivity contribution < 1.29 is 29.0 Å². The molecule has 1 rings (SSSR count). The molecule has 0 spiro atoms. The predicted octanol–water partition coefficient (Wildman–Crippen LogP) is 2.53. The van der Waals surface area contributed by atoms with E-state index in [-0.39, 0.29) is 18.1 Å². The Balaban J connectivity index is 2.94. The largest absolute Gasteiger partial charge is 0.508 e. The van der Waals surface area contributed by atoms with E-state index < -0.39 is 35.7 Å². The summed E-state index contributed by atoms with van der Waals surface area (Å²) in [7, 11) is 1.24. The first-order chi connectivity index (χ1) is 13.5. The summed E-state index contributed by atoms with van der Waals surface area (Å²) >= 11 is 0. The number of nitrogens with one attached hydrogen (secondary N) is 2. The molecule has 2 amide bonds. The fourth-order valence-corrected chi connectivity index (χ4v) is 2.60. The summed E-state index contributed by atoms with van der Waals surface area (Å²) in [4.78, 5) is 37.2. The highest BCUT2D eigenvalue weighted by Gasteiger charge is 2.31. The van der Waals surface area contributed by atoms with Crippen molar-refractivity contribution in [3.8, 4) is 5.75 Å². The highest BCUT2D eigenvalue weighted by molar-refractivity contribution is 5.90. The number of hydrogen-bond donors (Lipinski definition) is 3. The lowest BCUT2D eigenvalue weighted by Crippen LogP contribution is -2.55. The molecule has 29 heavy (non-hydrogen) atoms. The lowest BCUT2D eigenvalue weighted by molar-refractivity contribution is -0.145. The van der Waals surface area contributed by atoms with Crippen molar-refractivity contribution in [2.45, 2.75) is 65.1 Å². The quantitative estimate of drug-likeness (QED) is 0.570. The normalized spacial score (nSPS) is 14.3. The van der Waals surface area contributed by atoms with Gasteiger partial charge in [-0.25, -0.2) is 9.59 Å². The van der Waals surface area contributed by atoms with Gasteiger partial charge in [0.05, 0.1) is 7.11 Å². The summed E-state index contributed by atoms with van der Waals surface area (Å²) in [6, 6.07) is 4.49. The van der Waals surface area contributed by atoms with E-state index >= 15 is 0 Å². The van der Waals surface area contributed by atoms with Gasteiger partial charge in [0.15, 0.2) is 0 Å². The lowest BCUT2D eigenvalue weighted by Gasteiger charge is -2.27. The molecule has 0 aromatic heterocycles. The van der Waals surface area contributed by atoms with Crippen LogP contribution < -0.4 is 10.6 Å². The number of methoxy groups -OCH3 is 1. The van der Waals surface area contributed by atoms with Crippen LogP contribution >= 0.6 is 0 Å². The molecular weight excluding hydrogens is 376 g/mol. The van der Waals surface area contributed by atoms with Crippen molar-refractivity contribution in [1.29, 1.82) is 0 Å². The number of ether oxygens (including phenoxy) is 2. The number of phenolic OH excluding ortho intramolecular Hbond substituents is 1.